The number of alkyl halides is 3. The first kappa shape index (κ1) is 20.5. The smallest absolute Gasteiger partial charge is 0.416 e. The Bertz CT molecular complexity index is 1220. The van der Waals surface area contributed by atoms with Crippen molar-refractivity contribution in [1.29, 1.82) is 0 Å². The summed E-state index contributed by atoms with van der Waals surface area (Å²) < 4.78 is 57.7. The highest BCUT2D eigenvalue weighted by Gasteiger charge is 2.45. The van der Waals surface area contributed by atoms with Gasteiger partial charge < -0.3 is 14.2 Å². The lowest BCUT2D eigenvalue weighted by Crippen LogP contribution is -2.40. The zero-order valence-corrected chi connectivity index (χ0v) is 17.8. The van der Waals surface area contributed by atoms with E-state index >= 15 is 0 Å². The molecule has 0 aromatic heterocycles. The Morgan fingerprint density at radius 1 is 0.906 bits per heavy atom. The molecule has 3 aromatic carbocycles. The van der Waals surface area contributed by atoms with Crippen LogP contribution in [0.2, 0.25) is 0 Å². The van der Waals surface area contributed by atoms with E-state index in [-0.39, 0.29) is 5.92 Å². The molecule has 0 saturated heterocycles. The van der Waals surface area contributed by atoms with Crippen molar-refractivity contribution in [2.45, 2.75) is 31.5 Å². The Hall–Kier alpha value is -3.41. The lowest BCUT2D eigenvalue weighted by Gasteiger charge is -2.43. The zero-order valence-electron chi connectivity index (χ0n) is 17.8. The first-order valence-corrected chi connectivity index (χ1v) is 10.2. The molecule has 3 nitrogen and oxygen atoms in total. The Morgan fingerprint density at radius 3 is 2.31 bits per heavy atom. The molecule has 2 heterocycles. The molecule has 0 bridgehead atoms. The van der Waals surface area contributed by atoms with Gasteiger partial charge in [-0.1, -0.05) is 24.3 Å². The zero-order chi connectivity index (χ0) is 22.7. The van der Waals surface area contributed by atoms with Gasteiger partial charge in [-0.3, -0.25) is 0 Å². The second-order valence-electron chi connectivity index (χ2n) is 8.41. The van der Waals surface area contributed by atoms with E-state index in [2.05, 4.69) is 0 Å². The van der Waals surface area contributed by atoms with Crippen molar-refractivity contribution in [3.63, 3.8) is 0 Å². The van der Waals surface area contributed by atoms with Crippen LogP contribution in [-0.2, 0) is 6.18 Å². The Morgan fingerprint density at radius 2 is 1.62 bits per heavy atom. The summed E-state index contributed by atoms with van der Waals surface area (Å²) in [6.07, 6.45) is -4.40. The second kappa shape index (κ2) is 7.05. The largest absolute Gasteiger partial charge is 0.497 e. The fourth-order valence-electron chi connectivity index (χ4n) is 4.53. The molecule has 0 aliphatic carbocycles. The first-order valence-electron chi connectivity index (χ1n) is 10.2. The Kier molecular flexibility index (Phi) is 4.52. The van der Waals surface area contributed by atoms with Gasteiger partial charge in [-0.05, 0) is 61.9 Å². The van der Waals surface area contributed by atoms with Crippen LogP contribution in [0.5, 0.6) is 17.2 Å². The summed E-state index contributed by atoms with van der Waals surface area (Å²) in [4.78, 5) is 0. The van der Waals surface area contributed by atoms with Crippen molar-refractivity contribution in [1.82, 2.24) is 0 Å². The van der Waals surface area contributed by atoms with Gasteiger partial charge in [0.15, 0.2) is 0 Å². The van der Waals surface area contributed by atoms with Gasteiger partial charge in [-0.2, -0.15) is 13.2 Å². The number of ether oxygens (including phenoxy) is 3. The van der Waals surface area contributed by atoms with Crippen LogP contribution in [0.4, 0.5) is 13.2 Å². The van der Waals surface area contributed by atoms with E-state index < -0.39 is 17.3 Å². The third kappa shape index (κ3) is 3.22. The number of rotatable bonds is 2. The van der Waals surface area contributed by atoms with E-state index in [9.17, 15) is 13.2 Å². The topological polar surface area (TPSA) is 27.7 Å². The average Bonchev–Trinajstić information content (AvgIpc) is 2.76. The number of benzene rings is 3. The standard InChI is InChI=1S/C26H21F3O3/c1-25(2)23-22(15-8-10-16(11-9-15)26(27,28)29)19-14-17(30-3)12-13-20(19)31-24(23)18-6-4-5-7-21(18)32-25/h4-14,22H,1-3H3. The van der Waals surface area contributed by atoms with E-state index in [0.29, 0.717) is 23.0 Å². The fourth-order valence-corrected chi connectivity index (χ4v) is 4.53. The van der Waals surface area contributed by atoms with Crippen molar-refractivity contribution in [2.75, 3.05) is 7.11 Å². The van der Waals surface area contributed by atoms with Crippen LogP contribution in [-0.4, -0.2) is 12.7 Å². The molecule has 0 fully saturated rings. The van der Waals surface area contributed by atoms with Gasteiger partial charge in [0.05, 0.1) is 18.2 Å². The van der Waals surface area contributed by atoms with Crippen molar-refractivity contribution < 1.29 is 27.4 Å². The molecule has 0 amide bonds. The number of fused-ring (bicyclic) bond motifs is 3. The van der Waals surface area contributed by atoms with Gasteiger partial charge in [0.25, 0.3) is 0 Å². The van der Waals surface area contributed by atoms with Crippen LogP contribution in [0.25, 0.3) is 5.76 Å². The maximum Gasteiger partial charge on any atom is 0.416 e. The molecular formula is C26H21F3O3. The minimum atomic E-state index is -4.40. The second-order valence-corrected chi connectivity index (χ2v) is 8.41. The summed E-state index contributed by atoms with van der Waals surface area (Å²) in [6.45, 7) is 3.90. The summed E-state index contributed by atoms with van der Waals surface area (Å²) in [5.74, 6) is 2.30. The summed E-state index contributed by atoms with van der Waals surface area (Å²) in [5.41, 5.74) is 1.78. The van der Waals surface area contributed by atoms with E-state index in [1.807, 2.05) is 56.3 Å². The van der Waals surface area contributed by atoms with Crippen LogP contribution in [0.15, 0.2) is 72.3 Å². The molecule has 6 heteroatoms. The predicted octanol–water partition coefficient (Wildman–Crippen LogP) is 6.82. The molecule has 32 heavy (non-hydrogen) atoms. The normalized spacial score (nSPS) is 18.6. The number of hydrogen-bond acceptors (Lipinski definition) is 3. The maximum absolute atomic E-state index is 13.2. The van der Waals surface area contributed by atoms with Crippen LogP contribution in [0, 0.1) is 0 Å². The quantitative estimate of drug-likeness (QED) is 0.439. The molecular weight excluding hydrogens is 417 g/mol. The van der Waals surface area contributed by atoms with Crippen LogP contribution in [0.1, 0.15) is 42.0 Å². The first-order chi connectivity index (χ1) is 15.2. The van der Waals surface area contributed by atoms with Gasteiger partial charge in [0.1, 0.15) is 28.6 Å². The molecule has 2 aliphatic heterocycles. The monoisotopic (exact) mass is 438 g/mol. The molecule has 3 aromatic rings. The highest BCUT2D eigenvalue weighted by molar-refractivity contribution is 5.79. The number of para-hydroxylation sites is 1. The van der Waals surface area contributed by atoms with Crippen LogP contribution < -0.4 is 14.2 Å². The minimum Gasteiger partial charge on any atom is -0.497 e. The highest BCUT2D eigenvalue weighted by Crippen LogP contribution is 2.54. The fraction of sp³-hybridized carbons (Fsp3) is 0.231. The van der Waals surface area contributed by atoms with Gasteiger partial charge >= 0.3 is 6.18 Å². The highest BCUT2D eigenvalue weighted by atomic mass is 19.4. The third-order valence-electron chi connectivity index (χ3n) is 5.99. The van der Waals surface area contributed by atoms with Crippen LogP contribution in [0.3, 0.4) is 0 Å². The maximum atomic E-state index is 13.2. The van der Waals surface area contributed by atoms with E-state index in [1.165, 1.54) is 12.1 Å². The molecule has 164 valence electrons. The summed E-state index contributed by atoms with van der Waals surface area (Å²) in [5, 5.41) is 0. The lowest BCUT2D eigenvalue weighted by molar-refractivity contribution is -0.137. The number of halogens is 3. The molecule has 0 saturated carbocycles. The molecule has 2 aliphatic rings. The van der Waals surface area contributed by atoms with Gasteiger partial charge in [-0.15, -0.1) is 0 Å². The average molecular weight is 438 g/mol. The van der Waals surface area contributed by atoms with Crippen molar-refractivity contribution in [3.8, 4) is 17.2 Å². The number of methoxy groups -OCH3 is 1. The molecule has 1 atom stereocenters. The predicted molar refractivity (Wildman–Crippen MR) is 115 cm³/mol. The van der Waals surface area contributed by atoms with E-state index in [4.69, 9.17) is 14.2 Å². The molecule has 0 N–H and O–H groups in total. The van der Waals surface area contributed by atoms with Gasteiger partial charge in [0, 0.05) is 17.1 Å². The van der Waals surface area contributed by atoms with Gasteiger partial charge in [-0.25, -0.2) is 0 Å². The Balaban J connectivity index is 1.76. The summed E-state index contributed by atoms with van der Waals surface area (Å²) >= 11 is 0. The van der Waals surface area contributed by atoms with E-state index in [1.54, 1.807) is 7.11 Å². The molecule has 0 spiro atoms. The summed E-state index contributed by atoms with van der Waals surface area (Å²) in [7, 11) is 1.58. The van der Waals surface area contributed by atoms with E-state index in [0.717, 1.165) is 34.4 Å². The lowest BCUT2D eigenvalue weighted by atomic mass is 9.73. The Labute approximate surface area is 184 Å². The molecule has 0 radical (unpaired) electrons. The minimum absolute atomic E-state index is 0.366. The van der Waals surface area contributed by atoms with Crippen molar-refractivity contribution >= 4 is 5.76 Å². The SMILES string of the molecule is COc1ccc2c(c1)C(c1ccc(C(F)(F)F)cc1)C1=C(O2)c2ccccc2OC1(C)C. The van der Waals surface area contributed by atoms with Gasteiger partial charge in [0.2, 0.25) is 0 Å². The molecule has 1 unspecified atom stereocenters. The van der Waals surface area contributed by atoms with Crippen molar-refractivity contribution in [3.05, 3.63) is 94.6 Å². The number of hydrogen-bond donors (Lipinski definition) is 0. The molecule has 5 rings (SSSR count). The summed E-state index contributed by atoms with van der Waals surface area (Å²) in [6, 6.07) is 18.4. The van der Waals surface area contributed by atoms with Crippen molar-refractivity contribution in [2.24, 2.45) is 0 Å². The third-order valence-corrected chi connectivity index (χ3v) is 5.99. The van der Waals surface area contributed by atoms with Crippen LogP contribution >= 0.6 is 0 Å².